The first kappa shape index (κ1) is 24.8. The Morgan fingerprint density at radius 2 is 1.89 bits per heavy atom. The predicted octanol–water partition coefficient (Wildman–Crippen LogP) is 4.97. The molecule has 0 spiro atoms. The van der Waals surface area contributed by atoms with Gasteiger partial charge in [-0.2, -0.15) is 5.06 Å². The number of furan rings is 1. The number of nitrogens with zero attached hydrogens (tertiary/aromatic N) is 2. The van der Waals surface area contributed by atoms with E-state index in [0.29, 0.717) is 39.7 Å². The Morgan fingerprint density at radius 3 is 2.53 bits per heavy atom. The lowest BCUT2D eigenvalue weighted by Gasteiger charge is -2.28. The van der Waals surface area contributed by atoms with Gasteiger partial charge in [0.05, 0.1) is 16.2 Å². The maximum atomic E-state index is 13.2. The Kier molecular flexibility index (Phi) is 6.73. The van der Waals surface area contributed by atoms with Crippen LogP contribution in [0.1, 0.15) is 36.9 Å². The molecule has 4 rings (SSSR count). The van der Waals surface area contributed by atoms with Crippen LogP contribution in [-0.4, -0.2) is 34.6 Å². The molecule has 0 bridgehead atoms. The highest BCUT2D eigenvalue weighted by atomic mass is 16.7. The molecule has 10 heteroatoms. The average molecular weight is 492 g/mol. The van der Waals surface area contributed by atoms with Crippen LogP contribution in [0, 0.1) is 10.1 Å². The molecule has 3 aromatic carbocycles. The Hall–Kier alpha value is -4.28. The minimum absolute atomic E-state index is 0.0478. The number of anilines is 2. The van der Waals surface area contributed by atoms with Crippen molar-refractivity contribution >= 4 is 51.1 Å². The highest BCUT2D eigenvalue weighted by Crippen LogP contribution is 2.36. The third kappa shape index (κ3) is 5.04. The zero-order chi connectivity index (χ0) is 26.0. The minimum atomic E-state index is -0.675. The van der Waals surface area contributed by atoms with Crippen LogP contribution in [-0.2, 0) is 16.1 Å². The molecule has 10 nitrogen and oxygen atoms in total. The van der Waals surface area contributed by atoms with Crippen LogP contribution in [0.3, 0.4) is 0 Å². The van der Waals surface area contributed by atoms with E-state index in [1.54, 1.807) is 26.8 Å². The summed E-state index contributed by atoms with van der Waals surface area (Å²) in [5.41, 5.74) is 0.968. The number of nitro groups is 1. The van der Waals surface area contributed by atoms with Gasteiger partial charge in [0.15, 0.2) is 5.76 Å². The summed E-state index contributed by atoms with van der Waals surface area (Å²) < 4.78 is 5.61. The molecule has 0 fully saturated rings. The van der Waals surface area contributed by atoms with Gasteiger partial charge in [0, 0.05) is 35.2 Å². The molecule has 36 heavy (non-hydrogen) atoms. The number of aliphatic hydroxyl groups is 1. The number of hydrogen-bond acceptors (Lipinski definition) is 7. The molecule has 0 aliphatic heterocycles. The summed E-state index contributed by atoms with van der Waals surface area (Å²) in [7, 11) is 0. The number of nitro benzene ring substituents is 1. The highest BCUT2D eigenvalue weighted by Gasteiger charge is 2.23. The van der Waals surface area contributed by atoms with Crippen molar-refractivity contribution in [3.63, 3.8) is 0 Å². The summed E-state index contributed by atoms with van der Waals surface area (Å²) in [5.74, 6) is -0.642. The molecule has 4 aromatic rings. The maximum Gasteiger partial charge on any atom is 0.291 e. The van der Waals surface area contributed by atoms with Crippen LogP contribution in [0.4, 0.5) is 17.1 Å². The van der Waals surface area contributed by atoms with Gasteiger partial charge in [0.2, 0.25) is 6.41 Å². The fourth-order valence-electron chi connectivity index (χ4n) is 3.95. The lowest BCUT2D eigenvalue weighted by molar-refractivity contribution is -0.384. The van der Waals surface area contributed by atoms with Crippen LogP contribution < -0.4 is 10.4 Å². The number of fused-ring (bicyclic) bond motifs is 2. The van der Waals surface area contributed by atoms with Gasteiger partial charge >= 0.3 is 0 Å². The van der Waals surface area contributed by atoms with Crippen LogP contribution in [0.5, 0.6) is 0 Å². The first-order chi connectivity index (χ1) is 17.1. The molecule has 0 saturated heterocycles. The molecular weight excluding hydrogens is 466 g/mol. The summed E-state index contributed by atoms with van der Waals surface area (Å²) in [5, 5.41) is 26.5. The highest BCUT2D eigenvalue weighted by molar-refractivity contribution is 6.09. The zero-order valence-electron chi connectivity index (χ0n) is 20.0. The fourth-order valence-corrected chi connectivity index (χ4v) is 3.95. The van der Waals surface area contributed by atoms with Crippen molar-refractivity contribution in [3.8, 4) is 0 Å². The van der Waals surface area contributed by atoms with Crippen LogP contribution in [0.2, 0.25) is 0 Å². The Bertz CT molecular complexity index is 1470. The number of amides is 2. The lowest BCUT2D eigenvalue weighted by Crippen LogP contribution is -2.33. The minimum Gasteiger partial charge on any atom is -0.451 e. The van der Waals surface area contributed by atoms with E-state index >= 15 is 0 Å². The monoisotopic (exact) mass is 491 g/mol. The van der Waals surface area contributed by atoms with Crippen molar-refractivity contribution in [2.75, 3.05) is 17.0 Å². The third-order valence-electron chi connectivity index (χ3n) is 5.38. The number of non-ortho nitro benzene ring substituents is 1. The van der Waals surface area contributed by atoms with E-state index in [4.69, 9.17) is 9.25 Å². The standard InChI is InChI=1S/C26H25N3O7/c1-26(2,3)36-28(15-31)22-14-21(19(10-11-30)18-6-4-5-7-20(18)22)27-25(32)24-13-16-12-17(29(33)34)8-9-23(16)35-24/h4-9,12-15,30H,10-11H2,1-3H3,(H,27,32). The quantitative estimate of drug-likeness (QED) is 0.202. The SMILES string of the molecule is CC(C)(C)ON(C=O)c1cc(NC(=O)c2cc3cc([N+](=O)[O-])ccc3o2)c(CCO)c2ccccc12. The smallest absolute Gasteiger partial charge is 0.291 e. The van der Waals surface area contributed by atoms with Crippen molar-refractivity contribution in [2.24, 2.45) is 0 Å². The van der Waals surface area contributed by atoms with Gasteiger partial charge in [0.25, 0.3) is 11.6 Å². The van der Waals surface area contributed by atoms with Crippen molar-refractivity contribution in [1.29, 1.82) is 0 Å². The van der Waals surface area contributed by atoms with Crippen LogP contribution in [0.15, 0.2) is 59.0 Å². The summed E-state index contributed by atoms with van der Waals surface area (Å²) in [6, 6.07) is 14.4. The van der Waals surface area contributed by atoms with E-state index in [-0.39, 0.29) is 24.5 Å². The summed E-state index contributed by atoms with van der Waals surface area (Å²) in [6.07, 6.45) is 0.792. The fraction of sp³-hybridized carbons (Fsp3) is 0.231. The molecule has 0 radical (unpaired) electrons. The molecule has 0 aliphatic rings. The van der Waals surface area contributed by atoms with Crippen LogP contribution >= 0.6 is 0 Å². The van der Waals surface area contributed by atoms with Gasteiger partial charge in [-0.3, -0.25) is 24.5 Å². The Balaban J connectivity index is 1.80. The number of hydrogen-bond donors (Lipinski definition) is 2. The number of carbonyl (C=O) groups is 2. The average Bonchev–Trinajstić information content (AvgIpc) is 3.27. The van der Waals surface area contributed by atoms with Crippen molar-refractivity contribution < 1.29 is 28.9 Å². The topological polar surface area (TPSA) is 135 Å². The number of benzene rings is 3. The molecule has 1 heterocycles. The van der Waals surface area contributed by atoms with Gasteiger partial charge in [-0.15, -0.1) is 0 Å². The molecule has 0 saturated carbocycles. The Morgan fingerprint density at radius 1 is 1.17 bits per heavy atom. The molecule has 0 unspecified atom stereocenters. The molecule has 186 valence electrons. The predicted molar refractivity (Wildman–Crippen MR) is 135 cm³/mol. The number of carbonyl (C=O) groups excluding carboxylic acids is 2. The van der Waals surface area contributed by atoms with Gasteiger partial charge in [-0.05, 0) is 56.3 Å². The molecule has 1 aromatic heterocycles. The normalized spacial score (nSPS) is 11.6. The van der Waals surface area contributed by atoms with Gasteiger partial charge in [-0.25, -0.2) is 0 Å². The van der Waals surface area contributed by atoms with Crippen molar-refractivity contribution in [1.82, 2.24) is 0 Å². The lowest BCUT2D eigenvalue weighted by atomic mass is 9.98. The molecule has 0 atom stereocenters. The summed E-state index contributed by atoms with van der Waals surface area (Å²) >= 11 is 0. The molecular formula is C26H25N3O7. The molecule has 2 N–H and O–H groups in total. The molecule has 0 aliphatic carbocycles. The van der Waals surface area contributed by atoms with Gasteiger partial charge in [-0.1, -0.05) is 24.3 Å². The second kappa shape index (κ2) is 9.76. The second-order valence-corrected chi connectivity index (χ2v) is 9.12. The maximum absolute atomic E-state index is 13.2. The number of nitrogens with one attached hydrogen (secondary N) is 1. The number of aliphatic hydroxyl groups excluding tert-OH is 1. The third-order valence-corrected chi connectivity index (χ3v) is 5.38. The number of rotatable bonds is 8. The van der Waals surface area contributed by atoms with E-state index in [1.807, 2.05) is 24.3 Å². The van der Waals surface area contributed by atoms with Crippen molar-refractivity contribution in [2.45, 2.75) is 32.8 Å². The summed E-state index contributed by atoms with van der Waals surface area (Å²) in [4.78, 5) is 41.5. The molecule has 2 amide bonds. The van der Waals surface area contributed by atoms with E-state index in [1.165, 1.54) is 24.3 Å². The van der Waals surface area contributed by atoms with Crippen LogP contribution in [0.25, 0.3) is 21.7 Å². The van der Waals surface area contributed by atoms with E-state index in [9.17, 15) is 24.8 Å². The van der Waals surface area contributed by atoms with E-state index < -0.39 is 16.4 Å². The van der Waals surface area contributed by atoms with E-state index in [2.05, 4.69) is 5.32 Å². The zero-order valence-corrected chi connectivity index (χ0v) is 20.0. The summed E-state index contributed by atoms with van der Waals surface area (Å²) in [6.45, 7) is 5.25. The van der Waals surface area contributed by atoms with Gasteiger partial charge < -0.3 is 14.8 Å². The first-order valence-electron chi connectivity index (χ1n) is 11.2. The van der Waals surface area contributed by atoms with E-state index in [0.717, 1.165) is 10.4 Å². The van der Waals surface area contributed by atoms with Gasteiger partial charge in [0.1, 0.15) is 5.58 Å². The second-order valence-electron chi connectivity index (χ2n) is 9.12. The largest absolute Gasteiger partial charge is 0.451 e. The first-order valence-corrected chi connectivity index (χ1v) is 11.2. The van der Waals surface area contributed by atoms with Crippen molar-refractivity contribution in [3.05, 3.63) is 76.0 Å². The Labute approximate surface area is 206 Å². The number of hydroxylamine groups is 1.